The van der Waals surface area contributed by atoms with Crippen molar-refractivity contribution in [1.29, 1.82) is 0 Å². The molecule has 0 spiro atoms. The summed E-state index contributed by atoms with van der Waals surface area (Å²) >= 11 is 1.31. The molecule has 0 aliphatic carbocycles. The van der Waals surface area contributed by atoms with Crippen LogP contribution in [-0.2, 0) is 20.7 Å². The van der Waals surface area contributed by atoms with E-state index in [1.807, 2.05) is 66.0 Å². The van der Waals surface area contributed by atoms with Crippen LogP contribution in [0.15, 0.2) is 78.2 Å². The van der Waals surface area contributed by atoms with Crippen molar-refractivity contribution in [3.8, 4) is 0 Å². The lowest BCUT2D eigenvalue weighted by molar-refractivity contribution is -0.140. The molecule has 36 heavy (non-hydrogen) atoms. The van der Waals surface area contributed by atoms with Crippen LogP contribution in [0.2, 0.25) is 0 Å². The molecule has 0 bridgehead atoms. The molecular weight excluding hydrogens is 474 g/mol. The van der Waals surface area contributed by atoms with Gasteiger partial charge in [0.15, 0.2) is 0 Å². The van der Waals surface area contributed by atoms with Crippen LogP contribution >= 0.6 is 11.3 Å². The fourth-order valence-electron chi connectivity index (χ4n) is 4.27. The van der Waals surface area contributed by atoms with E-state index in [1.54, 1.807) is 17.0 Å². The molecule has 7 nitrogen and oxygen atoms in total. The lowest BCUT2D eigenvalue weighted by Crippen LogP contribution is -2.49. The minimum absolute atomic E-state index is 0.0103. The summed E-state index contributed by atoms with van der Waals surface area (Å²) in [6.07, 6.45) is 2.45. The van der Waals surface area contributed by atoms with Gasteiger partial charge in [0, 0.05) is 19.7 Å². The zero-order valence-electron chi connectivity index (χ0n) is 20.1. The van der Waals surface area contributed by atoms with Gasteiger partial charge in [-0.05, 0) is 41.8 Å². The number of amides is 3. The molecule has 188 valence electrons. The Balaban J connectivity index is 1.54. The van der Waals surface area contributed by atoms with E-state index < -0.39 is 6.04 Å². The summed E-state index contributed by atoms with van der Waals surface area (Å²) in [6, 6.07) is 21.8. The summed E-state index contributed by atoms with van der Waals surface area (Å²) in [6.45, 7) is 1.23. The second-order valence-electron chi connectivity index (χ2n) is 8.68. The first-order valence-corrected chi connectivity index (χ1v) is 13.1. The normalized spacial score (nSPS) is 15.7. The topological polar surface area (TPSA) is 87.7 Å². The van der Waals surface area contributed by atoms with Gasteiger partial charge in [-0.1, -0.05) is 66.7 Å². The number of benzene rings is 2. The van der Waals surface area contributed by atoms with Crippen LogP contribution in [0, 0.1) is 0 Å². The number of hydrogen-bond donors (Lipinski definition) is 2. The predicted molar refractivity (Wildman–Crippen MR) is 140 cm³/mol. The maximum Gasteiger partial charge on any atom is 0.261 e. The van der Waals surface area contributed by atoms with Crippen molar-refractivity contribution in [3.63, 3.8) is 0 Å². The van der Waals surface area contributed by atoms with Crippen LogP contribution < -0.4 is 10.6 Å². The van der Waals surface area contributed by atoms with Crippen LogP contribution in [0.1, 0.15) is 39.7 Å². The van der Waals surface area contributed by atoms with E-state index in [0.717, 1.165) is 18.4 Å². The summed E-state index contributed by atoms with van der Waals surface area (Å²) in [5, 5.41) is 7.53. The third-order valence-electron chi connectivity index (χ3n) is 6.15. The molecule has 2 atom stereocenters. The van der Waals surface area contributed by atoms with Gasteiger partial charge in [0.2, 0.25) is 11.8 Å². The monoisotopic (exact) mass is 505 g/mol. The van der Waals surface area contributed by atoms with Crippen molar-refractivity contribution in [2.45, 2.75) is 31.4 Å². The third-order valence-corrected chi connectivity index (χ3v) is 7.02. The summed E-state index contributed by atoms with van der Waals surface area (Å²) in [5.74, 6) is -0.889. The molecule has 1 aliphatic heterocycles. The molecule has 8 heteroatoms. The van der Waals surface area contributed by atoms with Gasteiger partial charge in [-0.25, -0.2) is 0 Å². The number of nitrogens with zero attached hydrogens (tertiary/aromatic N) is 1. The highest BCUT2D eigenvalue weighted by atomic mass is 32.1. The standard InChI is InChI=1S/C28H31N3O4S/c32-25(20-30-27(33)24-14-8-18-36-24)31(16-15-21-9-3-1-4-10-21)26(22-11-5-2-6-12-22)28(34)29-19-23-13-7-17-35-23/h1-6,8-12,14,18,23,26H,7,13,15-17,19-20H2,(H,29,34)(H,30,33). The Labute approximate surface area is 215 Å². The number of thiophene rings is 1. The fraction of sp³-hybridized carbons (Fsp3) is 0.321. The molecule has 2 aromatic carbocycles. The lowest BCUT2D eigenvalue weighted by atomic mass is 10.0. The number of carbonyl (C=O) groups excluding carboxylic acids is 3. The summed E-state index contributed by atoms with van der Waals surface area (Å²) in [5.41, 5.74) is 1.78. The Kier molecular flexibility index (Phi) is 9.24. The number of nitrogens with one attached hydrogen (secondary N) is 2. The Hall–Kier alpha value is -3.49. The largest absolute Gasteiger partial charge is 0.376 e. The molecule has 2 heterocycles. The van der Waals surface area contributed by atoms with Crippen molar-refractivity contribution >= 4 is 29.1 Å². The Morgan fingerprint density at radius 3 is 2.39 bits per heavy atom. The number of hydrogen-bond acceptors (Lipinski definition) is 5. The van der Waals surface area contributed by atoms with E-state index >= 15 is 0 Å². The first-order valence-electron chi connectivity index (χ1n) is 12.2. The molecule has 1 fully saturated rings. The minimum atomic E-state index is -0.831. The highest BCUT2D eigenvalue weighted by Gasteiger charge is 2.32. The SMILES string of the molecule is O=C(NCC(=O)N(CCc1ccccc1)C(C(=O)NCC1CCCO1)c1ccccc1)c1cccs1. The molecule has 1 aromatic heterocycles. The predicted octanol–water partition coefficient (Wildman–Crippen LogP) is 3.59. The molecule has 3 amide bonds. The van der Waals surface area contributed by atoms with E-state index in [9.17, 15) is 14.4 Å². The van der Waals surface area contributed by atoms with Gasteiger partial charge in [-0.15, -0.1) is 11.3 Å². The minimum Gasteiger partial charge on any atom is -0.376 e. The van der Waals surface area contributed by atoms with Crippen LogP contribution in [0.3, 0.4) is 0 Å². The first-order chi connectivity index (χ1) is 17.6. The van der Waals surface area contributed by atoms with Gasteiger partial charge in [0.05, 0.1) is 17.5 Å². The quantitative estimate of drug-likeness (QED) is 0.417. The van der Waals surface area contributed by atoms with Gasteiger partial charge < -0.3 is 20.3 Å². The van der Waals surface area contributed by atoms with Gasteiger partial charge in [-0.3, -0.25) is 14.4 Å². The number of ether oxygens (including phenoxy) is 1. The second kappa shape index (κ2) is 13.0. The molecule has 2 N–H and O–H groups in total. The van der Waals surface area contributed by atoms with E-state index in [2.05, 4.69) is 10.6 Å². The van der Waals surface area contributed by atoms with Crippen molar-refractivity contribution in [2.75, 3.05) is 26.2 Å². The zero-order chi connectivity index (χ0) is 25.2. The molecule has 0 saturated carbocycles. The second-order valence-corrected chi connectivity index (χ2v) is 9.62. The van der Waals surface area contributed by atoms with Crippen molar-refractivity contribution in [2.24, 2.45) is 0 Å². The average Bonchev–Trinajstić information content (AvgIpc) is 3.64. The molecule has 1 saturated heterocycles. The highest BCUT2D eigenvalue weighted by molar-refractivity contribution is 7.12. The molecule has 4 rings (SSSR count). The Bertz CT molecular complexity index is 1120. The molecule has 0 radical (unpaired) electrons. The van der Waals surface area contributed by atoms with E-state index in [1.165, 1.54) is 11.3 Å². The van der Waals surface area contributed by atoms with Gasteiger partial charge in [0.1, 0.15) is 6.04 Å². The zero-order valence-corrected chi connectivity index (χ0v) is 20.9. The van der Waals surface area contributed by atoms with Gasteiger partial charge >= 0.3 is 0 Å². The number of rotatable bonds is 11. The maximum atomic E-state index is 13.5. The van der Waals surface area contributed by atoms with Crippen LogP contribution in [-0.4, -0.2) is 55.0 Å². The molecule has 2 unspecified atom stereocenters. The summed E-state index contributed by atoms with van der Waals surface area (Å²) < 4.78 is 5.66. The molecule has 3 aromatic rings. The lowest BCUT2D eigenvalue weighted by Gasteiger charge is -2.32. The number of carbonyl (C=O) groups is 3. The maximum absolute atomic E-state index is 13.5. The van der Waals surface area contributed by atoms with Crippen LogP contribution in [0.5, 0.6) is 0 Å². The van der Waals surface area contributed by atoms with Crippen LogP contribution in [0.25, 0.3) is 0 Å². The molecular formula is C28H31N3O4S. The first kappa shape index (κ1) is 25.6. The van der Waals surface area contributed by atoms with E-state index in [-0.39, 0.29) is 30.4 Å². The van der Waals surface area contributed by atoms with Crippen molar-refractivity contribution in [1.82, 2.24) is 15.5 Å². The highest BCUT2D eigenvalue weighted by Crippen LogP contribution is 2.23. The summed E-state index contributed by atoms with van der Waals surface area (Å²) in [7, 11) is 0. The smallest absolute Gasteiger partial charge is 0.261 e. The van der Waals surface area contributed by atoms with Gasteiger partial charge in [-0.2, -0.15) is 0 Å². The fourth-order valence-corrected chi connectivity index (χ4v) is 4.91. The van der Waals surface area contributed by atoms with E-state index in [0.29, 0.717) is 36.6 Å². The Morgan fingerprint density at radius 1 is 0.972 bits per heavy atom. The average molecular weight is 506 g/mol. The van der Waals surface area contributed by atoms with Crippen LogP contribution in [0.4, 0.5) is 0 Å². The van der Waals surface area contributed by atoms with Crippen molar-refractivity contribution in [3.05, 3.63) is 94.2 Å². The van der Waals surface area contributed by atoms with E-state index in [4.69, 9.17) is 4.74 Å². The Morgan fingerprint density at radius 2 is 1.72 bits per heavy atom. The third kappa shape index (κ3) is 7.02. The van der Waals surface area contributed by atoms with Gasteiger partial charge in [0.25, 0.3) is 5.91 Å². The van der Waals surface area contributed by atoms with Crippen molar-refractivity contribution < 1.29 is 19.1 Å². The molecule has 1 aliphatic rings. The summed E-state index contributed by atoms with van der Waals surface area (Å²) in [4.78, 5) is 41.6.